The maximum absolute atomic E-state index is 11.6. The second-order valence-electron chi connectivity index (χ2n) is 3.80. The number of hydrogen-bond donors (Lipinski definition) is 1. The number of benzene rings is 1. The topological polar surface area (TPSA) is 69.4 Å². The van der Waals surface area contributed by atoms with Gasteiger partial charge in [0.25, 0.3) is 0 Å². The fourth-order valence-electron chi connectivity index (χ4n) is 1.07. The standard InChI is InChI=1S/C12H15NO3/c1-12(8-13,9-14)11(15)16-7-10-5-3-2-4-6-10/h2-6,9H,7-8,13H2,1H3. The minimum absolute atomic E-state index is 0.0515. The number of rotatable bonds is 5. The van der Waals surface area contributed by atoms with Gasteiger partial charge in [-0.25, -0.2) is 0 Å². The molecule has 86 valence electrons. The van der Waals surface area contributed by atoms with Crippen LogP contribution in [0.25, 0.3) is 0 Å². The molecule has 0 amide bonds. The second-order valence-corrected chi connectivity index (χ2v) is 3.80. The number of carbonyl (C=O) groups is 2. The van der Waals surface area contributed by atoms with Crippen molar-refractivity contribution >= 4 is 12.3 Å². The molecule has 2 N–H and O–H groups in total. The predicted octanol–water partition coefficient (Wildman–Crippen LogP) is 0.894. The van der Waals surface area contributed by atoms with Gasteiger partial charge in [0, 0.05) is 6.54 Å². The number of esters is 1. The molecule has 4 nitrogen and oxygen atoms in total. The van der Waals surface area contributed by atoms with Crippen molar-refractivity contribution in [1.29, 1.82) is 0 Å². The Labute approximate surface area is 94.4 Å². The van der Waals surface area contributed by atoms with E-state index in [-0.39, 0.29) is 13.2 Å². The zero-order valence-corrected chi connectivity index (χ0v) is 9.18. The lowest BCUT2D eigenvalue weighted by Gasteiger charge is -2.18. The van der Waals surface area contributed by atoms with E-state index in [4.69, 9.17) is 10.5 Å². The molecule has 0 fully saturated rings. The monoisotopic (exact) mass is 221 g/mol. The van der Waals surface area contributed by atoms with Gasteiger partial charge in [-0.05, 0) is 12.5 Å². The molecule has 0 bridgehead atoms. The van der Waals surface area contributed by atoms with E-state index in [1.807, 2.05) is 30.3 Å². The van der Waals surface area contributed by atoms with Crippen molar-refractivity contribution in [3.63, 3.8) is 0 Å². The first-order chi connectivity index (χ1) is 7.62. The minimum atomic E-state index is -1.24. The van der Waals surface area contributed by atoms with Crippen molar-refractivity contribution in [2.24, 2.45) is 11.1 Å². The van der Waals surface area contributed by atoms with Crippen LogP contribution in [0.4, 0.5) is 0 Å². The zero-order valence-electron chi connectivity index (χ0n) is 9.18. The van der Waals surface area contributed by atoms with Crippen LogP contribution in [0, 0.1) is 5.41 Å². The zero-order chi connectivity index (χ0) is 12.0. The van der Waals surface area contributed by atoms with E-state index in [1.54, 1.807) is 0 Å². The highest BCUT2D eigenvalue weighted by atomic mass is 16.5. The van der Waals surface area contributed by atoms with Crippen molar-refractivity contribution in [3.05, 3.63) is 35.9 Å². The van der Waals surface area contributed by atoms with Gasteiger partial charge in [-0.1, -0.05) is 30.3 Å². The third-order valence-electron chi connectivity index (χ3n) is 2.36. The molecule has 0 aliphatic heterocycles. The minimum Gasteiger partial charge on any atom is -0.460 e. The van der Waals surface area contributed by atoms with Gasteiger partial charge in [-0.15, -0.1) is 0 Å². The van der Waals surface area contributed by atoms with Crippen LogP contribution >= 0.6 is 0 Å². The van der Waals surface area contributed by atoms with Gasteiger partial charge in [0.05, 0.1) is 0 Å². The summed E-state index contributed by atoms with van der Waals surface area (Å²) < 4.78 is 5.02. The highest BCUT2D eigenvalue weighted by molar-refractivity contribution is 5.92. The summed E-state index contributed by atoms with van der Waals surface area (Å²) in [6.45, 7) is 1.57. The van der Waals surface area contributed by atoms with Crippen LogP contribution in [0.15, 0.2) is 30.3 Å². The van der Waals surface area contributed by atoms with Crippen LogP contribution in [0.3, 0.4) is 0 Å². The summed E-state index contributed by atoms with van der Waals surface area (Å²) in [5.41, 5.74) is 4.99. The number of carbonyl (C=O) groups excluding carboxylic acids is 2. The van der Waals surface area contributed by atoms with Gasteiger partial charge in [0.2, 0.25) is 0 Å². The smallest absolute Gasteiger partial charge is 0.320 e. The molecule has 1 aromatic rings. The third-order valence-corrected chi connectivity index (χ3v) is 2.36. The molecule has 0 aliphatic rings. The van der Waals surface area contributed by atoms with Gasteiger partial charge in [0.1, 0.15) is 18.3 Å². The number of hydrogen-bond acceptors (Lipinski definition) is 4. The third kappa shape index (κ3) is 2.90. The van der Waals surface area contributed by atoms with Crippen molar-refractivity contribution in [3.8, 4) is 0 Å². The van der Waals surface area contributed by atoms with Crippen molar-refractivity contribution in [2.45, 2.75) is 13.5 Å². The molecule has 0 saturated heterocycles. The van der Waals surface area contributed by atoms with Crippen LogP contribution in [0.2, 0.25) is 0 Å². The molecule has 16 heavy (non-hydrogen) atoms. The summed E-state index contributed by atoms with van der Waals surface area (Å²) in [5, 5.41) is 0. The lowest BCUT2D eigenvalue weighted by atomic mass is 9.93. The van der Waals surface area contributed by atoms with Crippen LogP contribution < -0.4 is 5.73 Å². The SMILES string of the molecule is CC(C=O)(CN)C(=O)OCc1ccccc1. The number of aldehydes is 1. The van der Waals surface area contributed by atoms with Gasteiger partial charge in [-0.2, -0.15) is 0 Å². The normalized spacial score (nSPS) is 13.9. The van der Waals surface area contributed by atoms with E-state index in [2.05, 4.69) is 0 Å². The lowest BCUT2D eigenvalue weighted by Crippen LogP contribution is -2.38. The van der Waals surface area contributed by atoms with Crippen molar-refractivity contribution < 1.29 is 14.3 Å². The average Bonchev–Trinajstić information content (AvgIpc) is 2.36. The van der Waals surface area contributed by atoms with Crippen molar-refractivity contribution in [1.82, 2.24) is 0 Å². The molecular weight excluding hydrogens is 206 g/mol. The molecule has 1 unspecified atom stereocenters. The summed E-state index contributed by atoms with van der Waals surface area (Å²) in [7, 11) is 0. The van der Waals surface area contributed by atoms with E-state index in [0.29, 0.717) is 6.29 Å². The fourth-order valence-corrected chi connectivity index (χ4v) is 1.07. The summed E-state index contributed by atoms with van der Waals surface area (Å²) in [5.74, 6) is -0.589. The highest BCUT2D eigenvalue weighted by Crippen LogP contribution is 2.14. The van der Waals surface area contributed by atoms with E-state index < -0.39 is 11.4 Å². The van der Waals surface area contributed by atoms with Crippen LogP contribution in [0.1, 0.15) is 12.5 Å². The maximum atomic E-state index is 11.6. The predicted molar refractivity (Wildman–Crippen MR) is 59.5 cm³/mol. The van der Waals surface area contributed by atoms with E-state index in [1.165, 1.54) is 6.92 Å². The Morgan fingerprint density at radius 1 is 1.44 bits per heavy atom. The largest absolute Gasteiger partial charge is 0.460 e. The Morgan fingerprint density at radius 3 is 2.56 bits per heavy atom. The summed E-state index contributed by atoms with van der Waals surface area (Å²) >= 11 is 0. The molecule has 0 aliphatic carbocycles. The first-order valence-corrected chi connectivity index (χ1v) is 5.00. The number of nitrogens with two attached hydrogens (primary N) is 1. The van der Waals surface area contributed by atoms with Crippen molar-refractivity contribution in [2.75, 3.05) is 6.54 Å². The first-order valence-electron chi connectivity index (χ1n) is 5.00. The van der Waals surface area contributed by atoms with Crippen LogP contribution in [-0.2, 0) is 20.9 Å². The fraction of sp³-hybridized carbons (Fsp3) is 0.333. The van der Waals surface area contributed by atoms with E-state index in [9.17, 15) is 9.59 Å². The average molecular weight is 221 g/mol. The summed E-state index contributed by atoms with van der Waals surface area (Å²) in [6.07, 6.45) is 0.528. The molecule has 0 spiro atoms. The second kappa shape index (κ2) is 5.42. The van der Waals surface area contributed by atoms with Gasteiger partial charge < -0.3 is 15.3 Å². The highest BCUT2D eigenvalue weighted by Gasteiger charge is 2.33. The maximum Gasteiger partial charge on any atom is 0.320 e. The van der Waals surface area contributed by atoms with Gasteiger partial charge >= 0.3 is 5.97 Å². The Morgan fingerprint density at radius 2 is 2.06 bits per heavy atom. The van der Waals surface area contributed by atoms with Crippen LogP contribution in [0.5, 0.6) is 0 Å². The van der Waals surface area contributed by atoms with Gasteiger partial charge in [0.15, 0.2) is 0 Å². The number of ether oxygens (including phenoxy) is 1. The first kappa shape index (κ1) is 12.4. The molecule has 0 radical (unpaired) electrons. The summed E-state index contributed by atoms with van der Waals surface area (Å²) in [4.78, 5) is 22.3. The molecule has 1 rings (SSSR count). The van der Waals surface area contributed by atoms with Crippen LogP contribution in [-0.4, -0.2) is 18.8 Å². The Kier molecular flexibility index (Phi) is 4.19. The quantitative estimate of drug-likeness (QED) is 0.455. The Balaban J connectivity index is 2.56. The van der Waals surface area contributed by atoms with Gasteiger partial charge in [-0.3, -0.25) is 4.79 Å². The molecule has 0 saturated carbocycles. The Hall–Kier alpha value is -1.68. The van der Waals surface area contributed by atoms with E-state index in [0.717, 1.165) is 5.56 Å². The Bertz CT molecular complexity index is 364. The summed E-state index contributed by atoms with van der Waals surface area (Å²) in [6, 6.07) is 9.26. The molecule has 4 heteroatoms. The van der Waals surface area contributed by atoms with E-state index >= 15 is 0 Å². The molecule has 0 aromatic heterocycles. The molecule has 1 atom stereocenters. The molecular formula is C12H15NO3. The molecule has 0 heterocycles. The lowest BCUT2D eigenvalue weighted by molar-refractivity contribution is -0.157. The molecule has 1 aromatic carbocycles.